The molecule has 1 aromatic heterocycles. The number of rotatable bonds is 6. The maximum atomic E-state index is 12.1. The molecule has 10 heteroatoms. The maximum Gasteiger partial charge on any atom is 0.271 e. The number of aromatic amines is 1. The molecular weight excluding hydrogens is 435 g/mol. The molecule has 0 saturated carbocycles. The Hall–Kier alpha value is -2.52. The summed E-state index contributed by atoms with van der Waals surface area (Å²) in [5.74, 6) is 0.716. The fourth-order valence-electron chi connectivity index (χ4n) is 2.40. The van der Waals surface area contributed by atoms with Gasteiger partial charge in [-0.15, -0.1) is 0 Å². The Morgan fingerprint density at radius 2 is 1.93 bits per heavy atom. The first-order chi connectivity index (χ1) is 13.8. The predicted molar refractivity (Wildman–Crippen MR) is 117 cm³/mol. The van der Waals surface area contributed by atoms with Crippen LogP contribution in [0.4, 0.5) is 10.7 Å². The van der Waals surface area contributed by atoms with Gasteiger partial charge in [-0.25, -0.2) is 5.06 Å². The SMILES string of the molecule is CC(C)N(O)C(=N)c1c(Nc2ccc(Oc3cc(Cl)ccc3Cl)cc2)s[nH]c1=O. The van der Waals surface area contributed by atoms with Crippen LogP contribution < -0.4 is 15.6 Å². The summed E-state index contributed by atoms with van der Waals surface area (Å²) in [5, 5.41) is 23.3. The van der Waals surface area contributed by atoms with Crippen molar-refractivity contribution in [2.45, 2.75) is 19.9 Å². The second-order valence-corrected chi connectivity index (χ2v) is 8.01. The Balaban J connectivity index is 1.78. The molecular formula is C19H18Cl2N4O3S. The van der Waals surface area contributed by atoms with Gasteiger partial charge in [-0.05, 0) is 61.8 Å². The number of halogens is 2. The summed E-state index contributed by atoms with van der Waals surface area (Å²) in [6, 6.07) is 11.6. The first kappa shape index (κ1) is 21.2. The third-order valence-corrected chi connectivity index (χ3v) is 5.23. The van der Waals surface area contributed by atoms with Crippen LogP contribution in [0, 0.1) is 5.41 Å². The van der Waals surface area contributed by atoms with E-state index in [-0.39, 0.29) is 17.4 Å². The number of hydrogen-bond donors (Lipinski definition) is 4. The molecule has 152 valence electrons. The van der Waals surface area contributed by atoms with E-state index in [1.54, 1.807) is 56.3 Å². The summed E-state index contributed by atoms with van der Waals surface area (Å²) in [4.78, 5) is 12.1. The van der Waals surface area contributed by atoms with E-state index in [0.717, 1.165) is 16.6 Å². The Kier molecular flexibility index (Phi) is 6.49. The Morgan fingerprint density at radius 1 is 1.24 bits per heavy atom. The summed E-state index contributed by atoms with van der Waals surface area (Å²) < 4.78 is 8.33. The second-order valence-electron chi connectivity index (χ2n) is 6.35. The molecule has 4 N–H and O–H groups in total. The number of benzene rings is 2. The van der Waals surface area contributed by atoms with Crippen molar-refractivity contribution in [3.05, 3.63) is 68.4 Å². The van der Waals surface area contributed by atoms with Gasteiger partial charge in [0.15, 0.2) is 5.84 Å². The van der Waals surface area contributed by atoms with E-state index in [1.807, 2.05) is 0 Å². The molecule has 0 saturated heterocycles. The molecule has 2 aromatic carbocycles. The summed E-state index contributed by atoms with van der Waals surface area (Å²) in [6.07, 6.45) is 0. The van der Waals surface area contributed by atoms with Crippen LogP contribution in [0.15, 0.2) is 47.3 Å². The fraction of sp³-hybridized carbons (Fsp3) is 0.158. The minimum Gasteiger partial charge on any atom is -0.456 e. The Labute approximate surface area is 181 Å². The molecule has 0 unspecified atom stereocenters. The minimum atomic E-state index is -0.447. The van der Waals surface area contributed by atoms with E-state index < -0.39 is 5.56 Å². The first-order valence-electron chi connectivity index (χ1n) is 8.54. The number of nitrogens with one attached hydrogen (secondary N) is 3. The molecule has 0 amide bonds. The monoisotopic (exact) mass is 452 g/mol. The number of aromatic nitrogens is 1. The van der Waals surface area contributed by atoms with Crippen molar-refractivity contribution in [1.82, 2.24) is 9.44 Å². The number of ether oxygens (including phenoxy) is 1. The molecule has 0 atom stereocenters. The number of hydrogen-bond acceptors (Lipinski definition) is 6. The van der Waals surface area contributed by atoms with E-state index in [1.165, 1.54) is 0 Å². The first-order valence-corrected chi connectivity index (χ1v) is 10.1. The minimum absolute atomic E-state index is 0.0669. The lowest BCUT2D eigenvalue weighted by molar-refractivity contribution is -0.0421. The van der Waals surface area contributed by atoms with Crippen molar-refractivity contribution in [3.8, 4) is 11.5 Å². The highest BCUT2D eigenvalue weighted by molar-refractivity contribution is 7.10. The largest absolute Gasteiger partial charge is 0.456 e. The van der Waals surface area contributed by atoms with Crippen molar-refractivity contribution in [1.29, 1.82) is 5.41 Å². The standard InChI is InChI=1S/C19H18Cl2N4O3S/c1-10(2)25(27)17(22)16-18(26)24-29-19(16)23-12-4-6-13(7-5-12)28-15-9-11(20)3-8-14(15)21/h3-10,22-23,27H,1-2H3,(H,24,26). The van der Waals surface area contributed by atoms with Gasteiger partial charge in [0.1, 0.15) is 22.1 Å². The van der Waals surface area contributed by atoms with Crippen molar-refractivity contribution in [2.75, 3.05) is 5.32 Å². The topological polar surface area (TPSA) is 101 Å². The van der Waals surface area contributed by atoms with Crippen LogP contribution >= 0.6 is 34.7 Å². The number of anilines is 2. The van der Waals surface area contributed by atoms with Gasteiger partial charge in [0.05, 0.1) is 11.1 Å². The third kappa shape index (κ3) is 4.91. The van der Waals surface area contributed by atoms with E-state index in [4.69, 9.17) is 33.3 Å². The average molecular weight is 453 g/mol. The molecule has 7 nitrogen and oxygen atoms in total. The van der Waals surface area contributed by atoms with Crippen LogP contribution in [-0.2, 0) is 0 Å². The van der Waals surface area contributed by atoms with E-state index in [0.29, 0.717) is 32.2 Å². The zero-order valence-corrected chi connectivity index (χ0v) is 17.8. The zero-order chi connectivity index (χ0) is 21.1. The number of nitrogens with zero attached hydrogens (tertiary/aromatic N) is 1. The van der Waals surface area contributed by atoms with Crippen molar-refractivity contribution in [2.24, 2.45) is 0 Å². The average Bonchev–Trinajstić information content (AvgIpc) is 3.05. The smallest absolute Gasteiger partial charge is 0.271 e. The third-order valence-electron chi connectivity index (χ3n) is 3.89. The van der Waals surface area contributed by atoms with Crippen LogP contribution in [-0.4, -0.2) is 26.5 Å². The Morgan fingerprint density at radius 3 is 2.59 bits per heavy atom. The summed E-state index contributed by atoms with van der Waals surface area (Å²) >= 11 is 13.1. The Bertz CT molecular complexity index is 1080. The molecule has 1 heterocycles. The summed E-state index contributed by atoms with van der Waals surface area (Å²) in [7, 11) is 0. The van der Waals surface area contributed by atoms with Gasteiger partial charge in [-0.3, -0.25) is 19.8 Å². The number of H-pyrrole nitrogens is 1. The molecule has 0 spiro atoms. The van der Waals surface area contributed by atoms with Gasteiger partial charge >= 0.3 is 0 Å². The lowest BCUT2D eigenvalue weighted by Gasteiger charge is -2.21. The van der Waals surface area contributed by atoms with Gasteiger partial charge in [0.2, 0.25) is 0 Å². The molecule has 29 heavy (non-hydrogen) atoms. The van der Waals surface area contributed by atoms with Crippen molar-refractivity contribution >= 4 is 51.3 Å². The van der Waals surface area contributed by atoms with Gasteiger partial charge in [-0.1, -0.05) is 23.2 Å². The molecule has 3 aromatic rings. The fourth-order valence-corrected chi connectivity index (χ4v) is 3.47. The maximum absolute atomic E-state index is 12.1. The molecule has 0 radical (unpaired) electrons. The van der Waals surface area contributed by atoms with Crippen LogP contribution in [0.2, 0.25) is 10.0 Å². The zero-order valence-electron chi connectivity index (χ0n) is 15.5. The van der Waals surface area contributed by atoms with Crippen LogP contribution in [0.1, 0.15) is 19.4 Å². The van der Waals surface area contributed by atoms with E-state index in [9.17, 15) is 10.0 Å². The second kappa shape index (κ2) is 8.87. The highest BCUT2D eigenvalue weighted by atomic mass is 35.5. The quantitative estimate of drug-likeness (QED) is 0.218. The molecule has 0 aliphatic rings. The van der Waals surface area contributed by atoms with Gasteiger partial charge in [-0.2, -0.15) is 0 Å². The highest BCUT2D eigenvalue weighted by Gasteiger charge is 2.22. The van der Waals surface area contributed by atoms with Crippen LogP contribution in [0.3, 0.4) is 0 Å². The summed E-state index contributed by atoms with van der Waals surface area (Å²) in [5.41, 5.74) is 0.294. The van der Waals surface area contributed by atoms with Crippen LogP contribution in [0.5, 0.6) is 11.5 Å². The van der Waals surface area contributed by atoms with Crippen molar-refractivity contribution < 1.29 is 9.94 Å². The van der Waals surface area contributed by atoms with Crippen LogP contribution in [0.25, 0.3) is 0 Å². The van der Waals surface area contributed by atoms with Gasteiger partial charge < -0.3 is 10.1 Å². The van der Waals surface area contributed by atoms with Crippen molar-refractivity contribution in [3.63, 3.8) is 0 Å². The van der Waals surface area contributed by atoms with E-state index in [2.05, 4.69) is 9.69 Å². The lowest BCUT2D eigenvalue weighted by atomic mass is 10.2. The lowest BCUT2D eigenvalue weighted by Crippen LogP contribution is -2.36. The highest BCUT2D eigenvalue weighted by Crippen LogP contribution is 2.33. The molecule has 0 aliphatic carbocycles. The molecule has 0 bridgehead atoms. The number of amidine groups is 1. The normalized spacial score (nSPS) is 10.8. The molecule has 3 rings (SSSR count). The van der Waals surface area contributed by atoms with Gasteiger partial charge in [0.25, 0.3) is 5.56 Å². The molecule has 0 fully saturated rings. The number of hydroxylamine groups is 2. The summed E-state index contributed by atoms with van der Waals surface area (Å²) in [6.45, 7) is 3.43. The van der Waals surface area contributed by atoms with Gasteiger partial charge in [0, 0.05) is 16.8 Å². The predicted octanol–water partition coefficient (Wildman–Crippen LogP) is 5.70. The molecule has 0 aliphatic heterocycles. The van der Waals surface area contributed by atoms with E-state index >= 15 is 0 Å².